The number of para-hydroxylation sites is 1. The molecule has 39 heavy (non-hydrogen) atoms. The molecule has 2 aromatic rings. The number of nitrogens with zero attached hydrogens (tertiary/aromatic N) is 1. The molecule has 1 saturated heterocycles. The lowest BCUT2D eigenvalue weighted by atomic mass is 9.75. The molecule has 9 nitrogen and oxygen atoms in total. The van der Waals surface area contributed by atoms with Crippen LogP contribution in [0.5, 0.6) is 5.75 Å². The van der Waals surface area contributed by atoms with Crippen LogP contribution < -0.4 is 14.8 Å². The summed E-state index contributed by atoms with van der Waals surface area (Å²) < 4.78 is 38.1. The van der Waals surface area contributed by atoms with E-state index in [4.69, 9.17) is 9.47 Å². The summed E-state index contributed by atoms with van der Waals surface area (Å²) in [6.07, 6.45) is 5.56. The number of benzene rings is 2. The number of aryl methyl sites for hydroxylation is 1. The average molecular weight is 558 g/mol. The van der Waals surface area contributed by atoms with Gasteiger partial charge in [0, 0.05) is 38.1 Å². The van der Waals surface area contributed by atoms with E-state index in [9.17, 15) is 18.0 Å². The van der Waals surface area contributed by atoms with E-state index in [-0.39, 0.29) is 22.1 Å². The minimum absolute atomic E-state index is 0.0703. The molecule has 0 aliphatic carbocycles. The molecular weight excluding hydrogens is 518 g/mol. The lowest BCUT2D eigenvalue weighted by Gasteiger charge is -2.42. The van der Waals surface area contributed by atoms with E-state index in [0.29, 0.717) is 63.6 Å². The molecule has 2 N–H and O–H groups in total. The standard InChI is InChI=1S/C29H39N3O6S/c1-30-39(35,36)24-11-8-23(9-12-24)10-13-27(33)32-18-15-29(16-19-32)14-4-5-20-37-21-17-31-28(34)25-6-2-3-7-26(25)38-22-29/h2-3,6-9,11-12,30H,4-5,10,13-22H2,1H3,(H,31,34). The molecule has 0 aromatic heterocycles. The molecule has 2 aromatic carbocycles. The fraction of sp³-hybridized carbons (Fsp3) is 0.517. The molecule has 4 rings (SSSR count). The second-order valence-corrected chi connectivity index (χ2v) is 12.2. The van der Waals surface area contributed by atoms with Crippen LogP contribution in [0.25, 0.3) is 0 Å². The maximum Gasteiger partial charge on any atom is 0.255 e. The summed E-state index contributed by atoms with van der Waals surface area (Å²) in [6.45, 7) is 3.44. The molecule has 2 amide bonds. The molecule has 2 aliphatic rings. The predicted octanol–water partition coefficient (Wildman–Crippen LogP) is 3.15. The smallest absolute Gasteiger partial charge is 0.255 e. The van der Waals surface area contributed by atoms with Gasteiger partial charge in [-0.05, 0) is 69.0 Å². The molecule has 1 spiro atoms. The Morgan fingerprint density at radius 3 is 2.51 bits per heavy atom. The minimum Gasteiger partial charge on any atom is -0.492 e. The Balaban J connectivity index is 1.35. The first-order valence-electron chi connectivity index (χ1n) is 13.7. The van der Waals surface area contributed by atoms with E-state index < -0.39 is 10.0 Å². The van der Waals surface area contributed by atoms with Crippen LogP contribution in [0.2, 0.25) is 0 Å². The average Bonchev–Trinajstić information content (AvgIpc) is 2.96. The third-order valence-electron chi connectivity index (χ3n) is 7.75. The van der Waals surface area contributed by atoms with E-state index in [2.05, 4.69) is 10.0 Å². The number of carbonyl (C=O) groups excluding carboxylic acids is 2. The van der Waals surface area contributed by atoms with Crippen LogP contribution in [-0.4, -0.2) is 71.6 Å². The number of likely N-dealkylation sites (tertiary alicyclic amines) is 1. The molecule has 10 heteroatoms. The second-order valence-electron chi connectivity index (χ2n) is 10.3. The van der Waals surface area contributed by atoms with Gasteiger partial charge >= 0.3 is 0 Å². The first kappa shape index (κ1) is 29.0. The number of hydrogen-bond acceptors (Lipinski definition) is 6. The van der Waals surface area contributed by atoms with Gasteiger partial charge in [0.2, 0.25) is 15.9 Å². The van der Waals surface area contributed by atoms with Gasteiger partial charge in [-0.3, -0.25) is 9.59 Å². The number of amides is 2. The minimum atomic E-state index is -3.47. The van der Waals surface area contributed by atoms with E-state index in [1.165, 1.54) is 7.05 Å². The van der Waals surface area contributed by atoms with E-state index in [1.54, 1.807) is 30.3 Å². The number of ether oxygens (including phenoxy) is 2. The third-order valence-corrected chi connectivity index (χ3v) is 9.18. The number of piperidine rings is 1. The van der Waals surface area contributed by atoms with Crippen LogP contribution in [0.3, 0.4) is 0 Å². The number of sulfonamides is 1. The monoisotopic (exact) mass is 557 g/mol. The quantitative estimate of drug-likeness (QED) is 0.584. The van der Waals surface area contributed by atoms with Crippen molar-refractivity contribution in [3.8, 4) is 5.75 Å². The molecule has 0 saturated carbocycles. The third kappa shape index (κ3) is 7.80. The van der Waals surface area contributed by atoms with Crippen molar-refractivity contribution in [2.45, 2.75) is 49.8 Å². The van der Waals surface area contributed by atoms with Gasteiger partial charge in [0.15, 0.2) is 0 Å². The van der Waals surface area contributed by atoms with Gasteiger partial charge in [0.25, 0.3) is 5.91 Å². The van der Waals surface area contributed by atoms with Gasteiger partial charge in [0.1, 0.15) is 5.75 Å². The van der Waals surface area contributed by atoms with Crippen LogP contribution in [0.1, 0.15) is 54.4 Å². The molecule has 0 radical (unpaired) electrons. The van der Waals surface area contributed by atoms with E-state index in [1.807, 2.05) is 23.1 Å². The molecular formula is C29H39N3O6S. The molecule has 2 heterocycles. The predicted molar refractivity (Wildman–Crippen MR) is 148 cm³/mol. The SMILES string of the molecule is CNS(=O)(=O)c1ccc(CCC(=O)N2CCC3(CCCCOCCNC(=O)c4ccccc4OC3)CC2)cc1. The van der Waals surface area contributed by atoms with Gasteiger partial charge in [-0.15, -0.1) is 0 Å². The highest BCUT2D eigenvalue weighted by Crippen LogP contribution is 2.38. The molecule has 1 fully saturated rings. The van der Waals surface area contributed by atoms with Crippen molar-refractivity contribution in [2.75, 3.05) is 46.5 Å². The van der Waals surface area contributed by atoms with Crippen LogP contribution in [0.4, 0.5) is 0 Å². The number of nitrogens with one attached hydrogen (secondary N) is 2. The Bertz CT molecular complexity index is 1220. The Hall–Kier alpha value is -2.95. The Morgan fingerprint density at radius 2 is 1.77 bits per heavy atom. The van der Waals surface area contributed by atoms with Crippen molar-refractivity contribution < 1.29 is 27.5 Å². The highest BCUT2D eigenvalue weighted by molar-refractivity contribution is 7.89. The summed E-state index contributed by atoms with van der Waals surface area (Å²) in [5.41, 5.74) is 1.38. The van der Waals surface area contributed by atoms with Gasteiger partial charge in [-0.25, -0.2) is 13.1 Å². The molecule has 0 bridgehead atoms. The maximum atomic E-state index is 13.0. The van der Waals surface area contributed by atoms with Crippen molar-refractivity contribution in [1.82, 2.24) is 14.9 Å². The zero-order chi connectivity index (χ0) is 27.7. The van der Waals surface area contributed by atoms with E-state index in [0.717, 1.165) is 37.7 Å². The molecule has 212 valence electrons. The summed E-state index contributed by atoms with van der Waals surface area (Å²) in [5, 5.41) is 2.90. The fourth-order valence-corrected chi connectivity index (χ4v) is 5.94. The zero-order valence-electron chi connectivity index (χ0n) is 22.6. The zero-order valence-corrected chi connectivity index (χ0v) is 23.4. The summed E-state index contributed by atoms with van der Waals surface area (Å²) >= 11 is 0. The lowest BCUT2D eigenvalue weighted by Crippen LogP contribution is -2.45. The molecule has 0 atom stereocenters. The summed E-state index contributed by atoms with van der Waals surface area (Å²) in [6, 6.07) is 14.0. The van der Waals surface area contributed by atoms with Crippen molar-refractivity contribution in [3.05, 3.63) is 59.7 Å². The van der Waals surface area contributed by atoms with Crippen molar-refractivity contribution in [3.63, 3.8) is 0 Å². The Kier molecular flexibility index (Phi) is 9.99. The first-order valence-corrected chi connectivity index (χ1v) is 15.2. The number of carbonyl (C=O) groups is 2. The largest absolute Gasteiger partial charge is 0.492 e. The highest BCUT2D eigenvalue weighted by atomic mass is 32.2. The highest BCUT2D eigenvalue weighted by Gasteiger charge is 2.36. The number of rotatable bonds is 5. The second kappa shape index (κ2) is 13.4. The topological polar surface area (TPSA) is 114 Å². The van der Waals surface area contributed by atoms with Gasteiger partial charge in [0.05, 0.1) is 23.7 Å². The van der Waals surface area contributed by atoms with Crippen LogP contribution in [-0.2, 0) is 26.0 Å². The summed E-state index contributed by atoms with van der Waals surface area (Å²) in [5.74, 6) is 0.521. The summed E-state index contributed by atoms with van der Waals surface area (Å²) in [7, 11) is -2.09. The van der Waals surface area contributed by atoms with E-state index >= 15 is 0 Å². The maximum absolute atomic E-state index is 13.0. The molecule has 0 unspecified atom stereocenters. The summed E-state index contributed by atoms with van der Waals surface area (Å²) in [4.78, 5) is 27.8. The van der Waals surface area contributed by atoms with Crippen LogP contribution in [0.15, 0.2) is 53.4 Å². The number of hydrogen-bond donors (Lipinski definition) is 2. The van der Waals surface area contributed by atoms with Crippen LogP contribution >= 0.6 is 0 Å². The molecule has 2 aliphatic heterocycles. The fourth-order valence-electron chi connectivity index (χ4n) is 5.21. The van der Waals surface area contributed by atoms with Gasteiger partial charge in [-0.2, -0.15) is 0 Å². The van der Waals surface area contributed by atoms with Crippen molar-refractivity contribution >= 4 is 21.8 Å². The van der Waals surface area contributed by atoms with Crippen molar-refractivity contribution in [1.29, 1.82) is 0 Å². The van der Waals surface area contributed by atoms with Crippen molar-refractivity contribution in [2.24, 2.45) is 5.41 Å². The normalized spacial score (nSPS) is 18.9. The van der Waals surface area contributed by atoms with Gasteiger partial charge < -0.3 is 19.7 Å². The number of fused-ring (bicyclic) bond motifs is 1. The Morgan fingerprint density at radius 1 is 1.03 bits per heavy atom. The lowest BCUT2D eigenvalue weighted by molar-refractivity contribution is -0.134. The first-order chi connectivity index (χ1) is 18.8. The van der Waals surface area contributed by atoms with Gasteiger partial charge in [-0.1, -0.05) is 30.7 Å². The van der Waals surface area contributed by atoms with Crippen LogP contribution in [0, 0.1) is 5.41 Å². The Labute approximate surface area is 231 Å².